The van der Waals surface area contributed by atoms with Crippen LogP contribution in [0, 0.1) is 5.92 Å². The summed E-state index contributed by atoms with van der Waals surface area (Å²) in [5, 5.41) is 8.65. The van der Waals surface area contributed by atoms with E-state index >= 15 is 0 Å². The van der Waals surface area contributed by atoms with Crippen LogP contribution in [-0.4, -0.2) is 54.6 Å². The van der Waals surface area contributed by atoms with Crippen molar-refractivity contribution in [2.24, 2.45) is 5.92 Å². The van der Waals surface area contributed by atoms with Gasteiger partial charge in [-0.25, -0.2) is 0 Å². The molecule has 0 saturated carbocycles. The van der Waals surface area contributed by atoms with Crippen LogP contribution in [-0.2, 0) is 14.3 Å². The van der Waals surface area contributed by atoms with Crippen molar-refractivity contribution >= 4 is 5.97 Å². The highest BCUT2D eigenvalue weighted by molar-refractivity contribution is 5.66. The number of carboxylic acid groups (broad SMARTS) is 1. The van der Waals surface area contributed by atoms with E-state index in [1.165, 1.54) is 0 Å². The standard InChI is InChI=1S/C12H21NO4/c1-12(9-5-6-13(2)7-9)16-8-10(17-12)3-4-11(14)15/h9-10H,3-8H2,1-2H3,(H,14,15). The van der Waals surface area contributed by atoms with Crippen LogP contribution in [0.5, 0.6) is 0 Å². The number of aliphatic carboxylic acids is 1. The number of rotatable bonds is 4. The summed E-state index contributed by atoms with van der Waals surface area (Å²) in [5.74, 6) is -0.904. The third kappa shape index (κ3) is 2.97. The topological polar surface area (TPSA) is 59.0 Å². The SMILES string of the molecule is CN1CCC(C2(C)OCC(CCC(=O)O)O2)C1. The van der Waals surface area contributed by atoms with Gasteiger partial charge >= 0.3 is 5.97 Å². The second kappa shape index (κ2) is 4.92. The van der Waals surface area contributed by atoms with Gasteiger partial charge in [-0.15, -0.1) is 0 Å². The normalized spacial score (nSPS) is 38.7. The largest absolute Gasteiger partial charge is 0.481 e. The Labute approximate surface area is 102 Å². The highest BCUT2D eigenvalue weighted by atomic mass is 16.7. The number of nitrogens with zero attached hydrogens (tertiary/aromatic N) is 1. The van der Waals surface area contributed by atoms with Gasteiger partial charge in [0.1, 0.15) is 0 Å². The van der Waals surface area contributed by atoms with E-state index in [2.05, 4.69) is 11.9 Å². The maximum Gasteiger partial charge on any atom is 0.303 e. The van der Waals surface area contributed by atoms with Gasteiger partial charge in [0.15, 0.2) is 5.79 Å². The van der Waals surface area contributed by atoms with Crippen LogP contribution in [0.25, 0.3) is 0 Å². The van der Waals surface area contributed by atoms with Gasteiger partial charge in [0.2, 0.25) is 0 Å². The number of likely N-dealkylation sites (tertiary alicyclic amines) is 1. The Bertz CT molecular complexity index is 296. The van der Waals surface area contributed by atoms with Crippen molar-refractivity contribution in [3.8, 4) is 0 Å². The van der Waals surface area contributed by atoms with Crippen LogP contribution >= 0.6 is 0 Å². The molecule has 2 saturated heterocycles. The predicted molar refractivity (Wildman–Crippen MR) is 61.7 cm³/mol. The third-order valence-corrected chi connectivity index (χ3v) is 3.77. The minimum atomic E-state index is -0.775. The Balaban J connectivity index is 1.85. The van der Waals surface area contributed by atoms with E-state index in [0.717, 1.165) is 19.5 Å². The first-order chi connectivity index (χ1) is 7.99. The molecule has 0 radical (unpaired) electrons. The lowest BCUT2D eigenvalue weighted by Gasteiger charge is -2.29. The van der Waals surface area contributed by atoms with E-state index in [-0.39, 0.29) is 12.5 Å². The molecule has 1 N–H and O–H groups in total. The molecule has 0 amide bonds. The van der Waals surface area contributed by atoms with Gasteiger partial charge in [-0.3, -0.25) is 4.79 Å². The van der Waals surface area contributed by atoms with Gasteiger partial charge in [0.25, 0.3) is 0 Å². The van der Waals surface area contributed by atoms with Crippen LogP contribution < -0.4 is 0 Å². The Kier molecular flexibility index (Phi) is 3.70. The quantitative estimate of drug-likeness (QED) is 0.796. The molecule has 2 rings (SSSR count). The molecule has 2 heterocycles. The predicted octanol–water partition coefficient (Wildman–Crippen LogP) is 0.934. The fraction of sp³-hybridized carbons (Fsp3) is 0.917. The van der Waals surface area contributed by atoms with Crippen molar-refractivity contribution in [2.45, 2.75) is 38.1 Å². The number of ether oxygens (including phenoxy) is 2. The lowest BCUT2D eigenvalue weighted by Crippen LogP contribution is -2.38. The molecule has 2 aliphatic heterocycles. The van der Waals surface area contributed by atoms with Crippen molar-refractivity contribution in [1.29, 1.82) is 0 Å². The molecule has 17 heavy (non-hydrogen) atoms. The summed E-state index contributed by atoms with van der Waals surface area (Å²) in [6, 6.07) is 0. The molecule has 98 valence electrons. The minimum absolute atomic E-state index is 0.0676. The molecule has 2 aliphatic rings. The Hall–Kier alpha value is -0.650. The van der Waals surface area contributed by atoms with Gasteiger partial charge < -0.3 is 19.5 Å². The molecule has 5 nitrogen and oxygen atoms in total. The van der Waals surface area contributed by atoms with Gasteiger partial charge in [-0.2, -0.15) is 0 Å². The van der Waals surface area contributed by atoms with E-state index in [1.54, 1.807) is 0 Å². The summed E-state index contributed by atoms with van der Waals surface area (Å²) < 4.78 is 11.7. The molecule has 5 heteroatoms. The highest BCUT2D eigenvalue weighted by Crippen LogP contribution is 2.36. The smallest absolute Gasteiger partial charge is 0.303 e. The fourth-order valence-electron chi connectivity index (χ4n) is 2.66. The molecular weight excluding hydrogens is 222 g/mol. The first-order valence-electron chi connectivity index (χ1n) is 6.22. The summed E-state index contributed by atoms with van der Waals surface area (Å²) in [6.07, 6.45) is 1.70. The summed E-state index contributed by atoms with van der Waals surface area (Å²) in [5.41, 5.74) is 0. The molecular formula is C12H21NO4. The molecule has 3 unspecified atom stereocenters. The molecule has 0 aromatic rings. The molecule has 3 atom stereocenters. The number of hydrogen-bond donors (Lipinski definition) is 1. The summed E-state index contributed by atoms with van der Waals surface area (Å²) in [4.78, 5) is 12.8. The Morgan fingerprint density at radius 1 is 1.59 bits per heavy atom. The van der Waals surface area contributed by atoms with Gasteiger partial charge in [0.05, 0.1) is 12.7 Å². The lowest BCUT2D eigenvalue weighted by molar-refractivity contribution is -0.189. The number of carboxylic acids is 1. The van der Waals surface area contributed by atoms with Crippen molar-refractivity contribution in [1.82, 2.24) is 4.90 Å². The van der Waals surface area contributed by atoms with Crippen molar-refractivity contribution < 1.29 is 19.4 Å². The molecule has 0 bridgehead atoms. The number of hydrogen-bond acceptors (Lipinski definition) is 4. The van der Waals surface area contributed by atoms with Gasteiger partial charge in [-0.1, -0.05) is 0 Å². The van der Waals surface area contributed by atoms with Gasteiger partial charge in [0, 0.05) is 18.9 Å². The molecule has 0 spiro atoms. The summed E-state index contributed by atoms with van der Waals surface area (Å²) in [6.45, 7) is 4.57. The molecule has 0 aromatic heterocycles. The van der Waals surface area contributed by atoms with E-state index < -0.39 is 11.8 Å². The zero-order chi connectivity index (χ0) is 12.5. The molecule has 0 aromatic carbocycles. The lowest BCUT2D eigenvalue weighted by atomic mass is 9.99. The zero-order valence-electron chi connectivity index (χ0n) is 10.5. The third-order valence-electron chi connectivity index (χ3n) is 3.77. The minimum Gasteiger partial charge on any atom is -0.481 e. The van der Waals surface area contributed by atoms with Crippen LogP contribution in [0.1, 0.15) is 26.2 Å². The van der Waals surface area contributed by atoms with E-state index in [0.29, 0.717) is 18.9 Å². The second-order valence-corrected chi connectivity index (χ2v) is 5.25. The van der Waals surface area contributed by atoms with E-state index in [4.69, 9.17) is 14.6 Å². The summed E-state index contributed by atoms with van der Waals surface area (Å²) >= 11 is 0. The molecule has 0 aliphatic carbocycles. The van der Waals surface area contributed by atoms with Crippen molar-refractivity contribution in [3.05, 3.63) is 0 Å². The van der Waals surface area contributed by atoms with E-state index in [1.807, 2.05) is 6.92 Å². The van der Waals surface area contributed by atoms with Crippen LogP contribution in [0.15, 0.2) is 0 Å². The molecule has 2 fully saturated rings. The number of carbonyl (C=O) groups is 1. The fourth-order valence-corrected chi connectivity index (χ4v) is 2.66. The average Bonchev–Trinajstić information content (AvgIpc) is 2.83. The maximum atomic E-state index is 10.5. The Morgan fingerprint density at radius 2 is 2.35 bits per heavy atom. The van der Waals surface area contributed by atoms with Crippen LogP contribution in [0.4, 0.5) is 0 Å². The van der Waals surface area contributed by atoms with Crippen molar-refractivity contribution in [3.63, 3.8) is 0 Å². The zero-order valence-corrected chi connectivity index (χ0v) is 10.5. The van der Waals surface area contributed by atoms with E-state index in [9.17, 15) is 4.79 Å². The first-order valence-corrected chi connectivity index (χ1v) is 6.22. The maximum absolute atomic E-state index is 10.5. The van der Waals surface area contributed by atoms with Crippen LogP contribution in [0.2, 0.25) is 0 Å². The van der Waals surface area contributed by atoms with Crippen LogP contribution in [0.3, 0.4) is 0 Å². The second-order valence-electron chi connectivity index (χ2n) is 5.25. The monoisotopic (exact) mass is 243 g/mol. The highest BCUT2D eigenvalue weighted by Gasteiger charge is 2.45. The first kappa shape index (κ1) is 12.8. The average molecular weight is 243 g/mol. The summed E-state index contributed by atoms with van der Waals surface area (Å²) in [7, 11) is 2.10. The van der Waals surface area contributed by atoms with Crippen molar-refractivity contribution in [2.75, 3.05) is 26.7 Å². The van der Waals surface area contributed by atoms with Gasteiger partial charge in [-0.05, 0) is 33.4 Å². The Morgan fingerprint density at radius 3 is 2.94 bits per heavy atom.